The van der Waals surface area contributed by atoms with Gasteiger partial charge in [0.15, 0.2) is 0 Å². The highest BCUT2D eigenvalue weighted by Crippen LogP contribution is 2.28. The molecule has 2 amide bonds. The fraction of sp³-hybridized carbons (Fsp3) is 0.515. The minimum atomic E-state index is -1.85. The van der Waals surface area contributed by atoms with Gasteiger partial charge in [-0.25, -0.2) is 9.78 Å². The summed E-state index contributed by atoms with van der Waals surface area (Å²) < 4.78 is 1.90. The van der Waals surface area contributed by atoms with Gasteiger partial charge in [-0.3, -0.25) is 9.59 Å². The van der Waals surface area contributed by atoms with Gasteiger partial charge in [-0.15, -0.1) is 0 Å². The summed E-state index contributed by atoms with van der Waals surface area (Å²) in [6.07, 6.45) is 9.12. The van der Waals surface area contributed by atoms with Crippen LogP contribution < -0.4 is 10.6 Å². The number of rotatable bonds is 18. The summed E-state index contributed by atoms with van der Waals surface area (Å²) in [7, 11) is 0. The first-order valence-electron chi connectivity index (χ1n) is 15.3. The van der Waals surface area contributed by atoms with Crippen molar-refractivity contribution in [2.75, 3.05) is 31.6 Å². The van der Waals surface area contributed by atoms with E-state index in [0.29, 0.717) is 36.2 Å². The average Bonchev–Trinajstić information content (AvgIpc) is 3.73. The Labute approximate surface area is 258 Å². The van der Waals surface area contributed by atoms with E-state index in [1.54, 1.807) is 12.5 Å². The molecule has 0 aliphatic heterocycles. The molecule has 1 fully saturated rings. The lowest BCUT2D eigenvalue weighted by Crippen LogP contribution is -2.68. The predicted molar refractivity (Wildman–Crippen MR) is 172 cm³/mol. The smallest absolute Gasteiger partial charge is 0.350 e. The van der Waals surface area contributed by atoms with Crippen LogP contribution in [0, 0.1) is 11.8 Å². The van der Waals surface area contributed by atoms with Gasteiger partial charge < -0.3 is 25.2 Å². The lowest BCUT2D eigenvalue weighted by atomic mass is 9.99. The molecule has 0 saturated heterocycles. The molecule has 9 nitrogen and oxygen atoms in total. The van der Waals surface area contributed by atoms with Gasteiger partial charge in [-0.2, -0.15) is 11.8 Å². The van der Waals surface area contributed by atoms with Gasteiger partial charge in [0.2, 0.25) is 17.5 Å². The van der Waals surface area contributed by atoms with Crippen molar-refractivity contribution < 1.29 is 19.5 Å². The summed E-state index contributed by atoms with van der Waals surface area (Å²) in [6.45, 7) is 5.72. The molecule has 1 heterocycles. The Morgan fingerprint density at radius 2 is 1.95 bits per heavy atom. The number of fused-ring (bicyclic) bond motifs is 1. The van der Waals surface area contributed by atoms with Gasteiger partial charge in [0, 0.05) is 31.4 Å². The summed E-state index contributed by atoms with van der Waals surface area (Å²) in [5, 5.41) is 19.0. The van der Waals surface area contributed by atoms with Crippen LogP contribution in [0.25, 0.3) is 10.8 Å². The number of hydrogen-bond donors (Lipinski definition) is 3. The SMILES string of the molecule is CC[C@H](C)CCN(C(=O)CNCC1CC1)[C@](CCSC)(NC(=O)Cc1cncn1Cc1ccc2ccccc2c1)C(=O)O. The average molecular weight is 608 g/mol. The zero-order valence-corrected chi connectivity index (χ0v) is 26.4. The van der Waals surface area contributed by atoms with Gasteiger partial charge in [0.1, 0.15) is 0 Å². The molecule has 0 radical (unpaired) electrons. The van der Waals surface area contributed by atoms with E-state index in [1.807, 2.05) is 23.0 Å². The summed E-state index contributed by atoms with van der Waals surface area (Å²) in [5.41, 5.74) is -0.119. The van der Waals surface area contributed by atoms with Crippen molar-refractivity contribution >= 4 is 40.3 Å². The predicted octanol–water partition coefficient (Wildman–Crippen LogP) is 4.54. The van der Waals surface area contributed by atoms with Crippen LogP contribution >= 0.6 is 11.8 Å². The lowest BCUT2D eigenvalue weighted by Gasteiger charge is -2.41. The molecule has 1 aliphatic rings. The fourth-order valence-electron chi connectivity index (χ4n) is 5.28. The van der Waals surface area contributed by atoms with Crippen molar-refractivity contribution in [1.82, 2.24) is 25.1 Å². The Hall–Kier alpha value is -3.37. The second-order valence-electron chi connectivity index (χ2n) is 11.7. The van der Waals surface area contributed by atoms with Gasteiger partial charge >= 0.3 is 5.97 Å². The summed E-state index contributed by atoms with van der Waals surface area (Å²) in [6, 6.07) is 14.4. The number of nitrogens with one attached hydrogen (secondary N) is 2. The van der Waals surface area contributed by atoms with E-state index >= 15 is 0 Å². The summed E-state index contributed by atoms with van der Waals surface area (Å²) >= 11 is 1.49. The van der Waals surface area contributed by atoms with Crippen LogP contribution in [0.2, 0.25) is 0 Å². The maximum atomic E-state index is 13.6. The molecule has 4 rings (SSSR count). The van der Waals surface area contributed by atoms with Crippen LogP contribution in [0.4, 0.5) is 0 Å². The Bertz CT molecular complexity index is 1390. The zero-order valence-electron chi connectivity index (χ0n) is 25.6. The number of thioether (sulfide) groups is 1. The number of aliphatic carboxylic acids is 1. The van der Waals surface area contributed by atoms with Crippen LogP contribution in [0.5, 0.6) is 0 Å². The molecule has 2 aromatic carbocycles. The fourth-order valence-corrected chi connectivity index (χ4v) is 5.78. The molecule has 0 spiro atoms. The quantitative estimate of drug-likeness (QED) is 0.182. The van der Waals surface area contributed by atoms with E-state index in [0.717, 1.165) is 42.1 Å². The highest BCUT2D eigenvalue weighted by molar-refractivity contribution is 7.98. The molecule has 3 aromatic rings. The van der Waals surface area contributed by atoms with E-state index in [1.165, 1.54) is 16.7 Å². The molecule has 1 aliphatic carbocycles. The van der Waals surface area contributed by atoms with Crippen LogP contribution in [0.15, 0.2) is 55.0 Å². The van der Waals surface area contributed by atoms with Gasteiger partial charge in [0.25, 0.3) is 0 Å². The standard InChI is InChI=1S/C33H45N5O4S/c1-4-24(2)13-15-38(31(40)21-34-19-25-9-10-25)33(32(41)42,14-16-43-3)36-30(39)18-29-20-35-23-37(29)22-26-11-12-27-7-5-6-8-28(27)17-26/h5-8,11-12,17,20,23-25,34H,4,9-10,13-16,18-19,21-22H2,1-3H3,(H,36,39)(H,41,42)/t24-,33-/m0/s1. The normalized spacial score (nSPS) is 15.1. The first-order chi connectivity index (χ1) is 20.8. The molecule has 1 aromatic heterocycles. The number of imidazole rings is 1. The largest absolute Gasteiger partial charge is 0.478 e. The number of hydrogen-bond acceptors (Lipinski definition) is 6. The van der Waals surface area contributed by atoms with Crippen molar-refractivity contribution in [2.45, 2.75) is 64.6 Å². The van der Waals surface area contributed by atoms with Crippen molar-refractivity contribution in [2.24, 2.45) is 11.8 Å². The number of nitrogens with zero attached hydrogens (tertiary/aromatic N) is 3. The van der Waals surface area contributed by atoms with E-state index < -0.39 is 17.5 Å². The number of benzene rings is 2. The number of carbonyl (C=O) groups is 3. The van der Waals surface area contributed by atoms with E-state index in [4.69, 9.17) is 0 Å². The Morgan fingerprint density at radius 3 is 2.65 bits per heavy atom. The van der Waals surface area contributed by atoms with E-state index in [2.05, 4.69) is 59.8 Å². The molecule has 2 atom stereocenters. The number of carboxylic acid groups (broad SMARTS) is 1. The molecule has 0 bridgehead atoms. The van der Waals surface area contributed by atoms with Gasteiger partial charge in [0.05, 0.1) is 19.3 Å². The molecule has 3 N–H and O–H groups in total. The van der Waals surface area contributed by atoms with Crippen molar-refractivity contribution in [1.29, 1.82) is 0 Å². The lowest BCUT2D eigenvalue weighted by molar-refractivity contribution is -0.164. The number of aromatic nitrogens is 2. The zero-order chi connectivity index (χ0) is 30.8. The maximum absolute atomic E-state index is 13.6. The van der Waals surface area contributed by atoms with Crippen molar-refractivity contribution in [3.8, 4) is 0 Å². The monoisotopic (exact) mass is 607 g/mol. The molecular formula is C33H45N5O4S. The number of carbonyl (C=O) groups excluding carboxylic acids is 2. The van der Waals surface area contributed by atoms with Crippen molar-refractivity contribution in [3.63, 3.8) is 0 Å². The molecule has 232 valence electrons. The van der Waals surface area contributed by atoms with Crippen LogP contribution in [0.3, 0.4) is 0 Å². The number of carboxylic acids is 1. The van der Waals surface area contributed by atoms with Crippen LogP contribution in [-0.4, -0.2) is 74.6 Å². The molecule has 43 heavy (non-hydrogen) atoms. The highest BCUT2D eigenvalue weighted by Gasteiger charge is 2.47. The minimum Gasteiger partial charge on any atom is -0.478 e. The first-order valence-corrected chi connectivity index (χ1v) is 16.7. The van der Waals surface area contributed by atoms with Crippen molar-refractivity contribution in [3.05, 3.63) is 66.2 Å². The second-order valence-corrected chi connectivity index (χ2v) is 12.7. The molecule has 0 unspecified atom stereocenters. The Morgan fingerprint density at radius 1 is 1.19 bits per heavy atom. The third kappa shape index (κ3) is 8.83. The third-order valence-corrected chi connectivity index (χ3v) is 9.00. The topological polar surface area (TPSA) is 117 Å². The molecule has 10 heteroatoms. The van der Waals surface area contributed by atoms with Gasteiger partial charge in [-0.05, 0) is 72.1 Å². The van der Waals surface area contributed by atoms with E-state index in [-0.39, 0.29) is 31.8 Å². The van der Waals surface area contributed by atoms with Gasteiger partial charge in [-0.1, -0.05) is 56.7 Å². The van der Waals surface area contributed by atoms with Crippen LogP contribution in [0.1, 0.15) is 57.2 Å². The second kappa shape index (κ2) is 15.4. The van der Waals surface area contributed by atoms with E-state index in [9.17, 15) is 19.5 Å². The molecule has 1 saturated carbocycles. The summed E-state index contributed by atoms with van der Waals surface area (Å²) in [4.78, 5) is 46.0. The molecular weight excluding hydrogens is 562 g/mol. The minimum absolute atomic E-state index is 0.0414. The third-order valence-electron chi connectivity index (χ3n) is 8.39. The number of amides is 2. The Kier molecular flexibility index (Phi) is 11.6. The Balaban J connectivity index is 1.54. The first kappa shape index (κ1) is 32.5. The summed E-state index contributed by atoms with van der Waals surface area (Å²) in [5.74, 6) is -0.637. The highest BCUT2D eigenvalue weighted by atomic mass is 32.2. The van der Waals surface area contributed by atoms with Crippen LogP contribution in [-0.2, 0) is 27.3 Å². The maximum Gasteiger partial charge on any atom is 0.350 e.